The average molecular weight is 259 g/mol. The molecule has 2 atom stereocenters. The third-order valence-electron chi connectivity index (χ3n) is 3.16. The number of rotatable bonds is 6. The zero-order valence-corrected chi connectivity index (χ0v) is 11.7. The topological polar surface area (TPSA) is 49.9 Å². The fourth-order valence-electron chi connectivity index (χ4n) is 2.19. The summed E-state index contributed by atoms with van der Waals surface area (Å²) >= 11 is 0. The maximum atomic E-state index is 5.16. The Morgan fingerprint density at radius 3 is 2.58 bits per heavy atom. The number of nitrogens with zero attached hydrogens (tertiary/aromatic N) is 1. The lowest BCUT2D eigenvalue weighted by Gasteiger charge is -2.18. The summed E-state index contributed by atoms with van der Waals surface area (Å²) < 4.78 is 5.16. The molecule has 0 aliphatic rings. The molecular weight excluding hydrogens is 238 g/mol. The summed E-state index contributed by atoms with van der Waals surface area (Å²) in [5, 5.41) is 3.53. The zero-order valence-electron chi connectivity index (χ0n) is 11.7. The van der Waals surface area contributed by atoms with Gasteiger partial charge in [0.2, 0.25) is 0 Å². The van der Waals surface area contributed by atoms with E-state index in [1.807, 2.05) is 18.3 Å². The fourth-order valence-corrected chi connectivity index (χ4v) is 2.19. The molecule has 4 heteroatoms. The van der Waals surface area contributed by atoms with Crippen LogP contribution >= 0.6 is 0 Å². The molecule has 19 heavy (non-hydrogen) atoms. The van der Waals surface area contributed by atoms with Crippen molar-refractivity contribution >= 4 is 0 Å². The van der Waals surface area contributed by atoms with Crippen LogP contribution in [0.2, 0.25) is 0 Å². The zero-order chi connectivity index (χ0) is 13.7. The molecule has 0 spiro atoms. The van der Waals surface area contributed by atoms with Gasteiger partial charge in [-0.15, -0.1) is 0 Å². The Hall–Kier alpha value is -1.81. The van der Waals surface area contributed by atoms with Crippen molar-refractivity contribution in [3.63, 3.8) is 0 Å². The van der Waals surface area contributed by atoms with Gasteiger partial charge in [-0.3, -0.25) is 0 Å². The second-order valence-electron chi connectivity index (χ2n) is 4.82. The number of H-pyrrole nitrogens is 1. The van der Waals surface area contributed by atoms with E-state index >= 15 is 0 Å². The number of nitrogens with one attached hydrogen (secondary N) is 2. The van der Waals surface area contributed by atoms with Crippen molar-refractivity contribution < 1.29 is 4.74 Å². The number of aromatic nitrogens is 2. The summed E-state index contributed by atoms with van der Waals surface area (Å²) in [6.45, 7) is 4.30. The second kappa shape index (κ2) is 6.38. The summed E-state index contributed by atoms with van der Waals surface area (Å²) in [6, 6.07) is 8.82. The van der Waals surface area contributed by atoms with E-state index in [0.29, 0.717) is 6.04 Å². The van der Waals surface area contributed by atoms with Crippen LogP contribution in [0.25, 0.3) is 0 Å². The first kappa shape index (κ1) is 13.6. The highest BCUT2D eigenvalue weighted by atomic mass is 16.5. The lowest BCUT2D eigenvalue weighted by Crippen LogP contribution is -2.31. The quantitative estimate of drug-likeness (QED) is 0.838. The normalized spacial score (nSPS) is 14.1. The fraction of sp³-hybridized carbons (Fsp3) is 0.400. The number of hydrogen-bond donors (Lipinski definition) is 2. The molecule has 2 rings (SSSR count). The van der Waals surface area contributed by atoms with Gasteiger partial charge in [0.15, 0.2) is 0 Å². The number of imidazole rings is 1. The Morgan fingerprint density at radius 2 is 2.00 bits per heavy atom. The van der Waals surface area contributed by atoms with Gasteiger partial charge in [0.1, 0.15) is 11.6 Å². The van der Waals surface area contributed by atoms with E-state index in [1.54, 1.807) is 13.3 Å². The highest BCUT2D eigenvalue weighted by molar-refractivity contribution is 5.27. The predicted octanol–water partition coefficient (Wildman–Crippen LogP) is 2.70. The molecule has 2 N–H and O–H groups in total. The molecule has 1 aromatic heterocycles. The molecule has 4 nitrogen and oxygen atoms in total. The van der Waals surface area contributed by atoms with E-state index in [4.69, 9.17) is 4.74 Å². The van der Waals surface area contributed by atoms with Crippen LogP contribution in [0.4, 0.5) is 0 Å². The Kier molecular flexibility index (Phi) is 4.58. The molecule has 102 valence electrons. The second-order valence-corrected chi connectivity index (χ2v) is 4.82. The maximum Gasteiger partial charge on any atom is 0.122 e. The maximum absolute atomic E-state index is 5.16. The first-order chi connectivity index (χ1) is 9.19. The van der Waals surface area contributed by atoms with E-state index < -0.39 is 0 Å². The van der Waals surface area contributed by atoms with Crippen molar-refractivity contribution in [3.05, 3.63) is 48.0 Å². The van der Waals surface area contributed by atoms with Gasteiger partial charge in [0, 0.05) is 18.4 Å². The first-order valence-electron chi connectivity index (χ1n) is 6.57. The Morgan fingerprint density at radius 1 is 1.26 bits per heavy atom. The van der Waals surface area contributed by atoms with E-state index in [9.17, 15) is 0 Å². The van der Waals surface area contributed by atoms with Crippen LogP contribution < -0.4 is 10.1 Å². The molecule has 0 saturated heterocycles. The minimum atomic E-state index is 0.225. The third kappa shape index (κ3) is 3.83. The molecular formula is C15H21N3O. The van der Waals surface area contributed by atoms with Gasteiger partial charge >= 0.3 is 0 Å². The van der Waals surface area contributed by atoms with Gasteiger partial charge < -0.3 is 15.0 Å². The molecule has 1 heterocycles. The van der Waals surface area contributed by atoms with Crippen LogP contribution in [-0.2, 0) is 6.42 Å². The highest BCUT2D eigenvalue weighted by Gasteiger charge is 2.11. The van der Waals surface area contributed by atoms with E-state index in [1.165, 1.54) is 5.56 Å². The summed E-state index contributed by atoms with van der Waals surface area (Å²) in [5.41, 5.74) is 1.30. The van der Waals surface area contributed by atoms with Crippen LogP contribution in [0, 0.1) is 0 Å². The Labute approximate surface area is 114 Å². The Bertz CT molecular complexity index is 479. The molecule has 0 fully saturated rings. The van der Waals surface area contributed by atoms with E-state index in [0.717, 1.165) is 18.0 Å². The van der Waals surface area contributed by atoms with Gasteiger partial charge in [-0.05, 0) is 38.0 Å². The largest absolute Gasteiger partial charge is 0.497 e. The molecule has 0 amide bonds. The van der Waals surface area contributed by atoms with Crippen molar-refractivity contribution in [1.29, 1.82) is 0 Å². The standard InChI is InChI=1S/C15H21N3O/c1-11(18-12(2)15-16-8-9-17-15)10-13-4-6-14(19-3)7-5-13/h4-9,11-12,18H,10H2,1-3H3,(H,16,17). The molecule has 0 aliphatic heterocycles. The van der Waals surface area contributed by atoms with Crippen LogP contribution in [0.5, 0.6) is 5.75 Å². The van der Waals surface area contributed by atoms with Crippen LogP contribution in [0.1, 0.15) is 31.3 Å². The molecule has 0 aliphatic carbocycles. The SMILES string of the molecule is COc1ccc(CC(C)NC(C)c2ncc[nH]2)cc1. The van der Waals surface area contributed by atoms with Crippen molar-refractivity contribution in [2.75, 3.05) is 7.11 Å². The molecule has 0 bridgehead atoms. The molecule has 1 aromatic carbocycles. The predicted molar refractivity (Wildman–Crippen MR) is 76.3 cm³/mol. The van der Waals surface area contributed by atoms with Gasteiger partial charge in [-0.2, -0.15) is 0 Å². The van der Waals surface area contributed by atoms with Gasteiger partial charge in [-0.25, -0.2) is 4.98 Å². The minimum Gasteiger partial charge on any atom is -0.497 e. The minimum absolute atomic E-state index is 0.225. The van der Waals surface area contributed by atoms with Crippen molar-refractivity contribution in [2.45, 2.75) is 32.4 Å². The number of aromatic amines is 1. The summed E-state index contributed by atoms with van der Waals surface area (Å²) in [6.07, 6.45) is 4.61. The first-order valence-corrected chi connectivity index (χ1v) is 6.57. The van der Waals surface area contributed by atoms with E-state index in [2.05, 4.69) is 41.3 Å². The van der Waals surface area contributed by atoms with Crippen molar-refractivity contribution in [1.82, 2.24) is 15.3 Å². The van der Waals surface area contributed by atoms with Crippen LogP contribution in [0.15, 0.2) is 36.7 Å². The van der Waals surface area contributed by atoms with Crippen LogP contribution in [-0.4, -0.2) is 23.1 Å². The summed E-state index contributed by atoms with van der Waals surface area (Å²) in [7, 11) is 1.68. The van der Waals surface area contributed by atoms with E-state index in [-0.39, 0.29) is 6.04 Å². The highest BCUT2D eigenvalue weighted by Crippen LogP contribution is 2.14. The average Bonchev–Trinajstić information content (AvgIpc) is 2.93. The monoisotopic (exact) mass is 259 g/mol. The van der Waals surface area contributed by atoms with Gasteiger partial charge in [0.25, 0.3) is 0 Å². The molecule has 0 radical (unpaired) electrons. The smallest absolute Gasteiger partial charge is 0.122 e. The number of hydrogen-bond acceptors (Lipinski definition) is 3. The van der Waals surface area contributed by atoms with Gasteiger partial charge in [0.05, 0.1) is 13.2 Å². The summed E-state index contributed by atoms with van der Waals surface area (Å²) in [5.74, 6) is 1.87. The van der Waals surface area contributed by atoms with Crippen molar-refractivity contribution in [3.8, 4) is 5.75 Å². The molecule has 2 aromatic rings. The number of ether oxygens (including phenoxy) is 1. The van der Waals surface area contributed by atoms with Gasteiger partial charge in [-0.1, -0.05) is 12.1 Å². The third-order valence-corrected chi connectivity index (χ3v) is 3.16. The Balaban J connectivity index is 1.88. The number of methoxy groups -OCH3 is 1. The molecule has 2 unspecified atom stereocenters. The van der Waals surface area contributed by atoms with Crippen molar-refractivity contribution in [2.24, 2.45) is 0 Å². The van der Waals surface area contributed by atoms with Crippen LogP contribution in [0.3, 0.4) is 0 Å². The number of benzene rings is 1. The lowest BCUT2D eigenvalue weighted by molar-refractivity contribution is 0.414. The molecule has 0 saturated carbocycles. The lowest BCUT2D eigenvalue weighted by atomic mass is 10.1. The summed E-state index contributed by atoms with van der Waals surface area (Å²) in [4.78, 5) is 7.40.